The van der Waals surface area contributed by atoms with Crippen LogP contribution in [-0.4, -0.2) is 10.9 Å². The van der Waals surface area contributed by atoms with Crippen LogP contribution < -0.4 is 5.32 Å². The number of benzene rings is 1. The quantitative estimate of drug-likeness (QED) is 0.451. The Hall–Kier alpha value is -1.86. The smallest absolute Gasteiger partial charge is 0.259 e. The van der Waals surface area contributed by atoms with Gasteiger partial charge in [0.05, 0.1) is 9.90 Å². The van der Waals surface area contributed by atoms with E-state index in [4.69, 9.17) is 27.6 Å². The summed E-state index contributed by atoms with van der Waals surface area (Å²) in [5.41, 5.74) is 1.80. The SMILES string of the molecule is O=C(Nc1nc(-c2cc3ccccc3o2)cs1)c1cc(Cl)sc1Cl. The van der Waals surface area contributed by atoms with Gasteiger partial charge in [-0.3, -0.25) is 10.1 Å². The zero-order valence-corrected chi connectivity index (χ0v) is 15.0. The number of halogens is 2. The number of hydrogen-bond acceptors (Lipinski definition) is 5. The van der Waals surface area contributed by atoms with Crippen molar-refractivity contribution < 1.29 is 9.21 Å². The molecule has 8 heteroatoms. The Labute approximate surface area is 154 Å². The molecule has 0 aliphatic carbocycles. The molecule has 1 aromatic carbocycles. The molecule has 24 heavy (non-hydrogen) atoms. The number of nitrogens with one attached hydrogen (secondary N) is 1. The van der Waals surface area contributed by atoms with E-state index in [-0.39, 0.29) is 5.91 Å². The fourth-order valence-electron chi connectivity index (χ4n) is 2.21. The van der Waals surface area contributed by atoms with Crippen molar-refractivity contribution in [1.82, 2.24) is 4.98 Å². The Morgan fingerprint density at radius 1 is 1.21 bits per heavy atom. The first-order valence-electron chi connectivity index (χ1n) is 6.81. The lowest BCUT2D eigenvalue weighted by molar-refractivity contribution is 0.102. The number of para-hydroxylation sites is 1. The van der Waals surface area contributed by atoms with Gasteiger partial charge in [0.2, 0.25) is 0 Å². The molecular formula is C16H8Cl2N2O2S2. The minimum Gasteiger partial charge on any atom is -0.454 e. The number of thiazole rings is 1. The Bertz CT molecular complexity index is 1020. The minimum atomic E-state index is -0.339. The lowest BCUT2D eigenvalue weighted by Gasteiger charge is -1.99. The second-order valence-corrected chi connectivity index (χ2v) is 8.02. The molecule has 0 unspecified atom stereocenters. The molecule has 120 valence electrons. The summed E-state index contributed by atoms with van der Waals surface area (Å²) in [7, 11) is 0. The molecule has 0 spiro atoms. The number of anilines is 1. The Kier molecular flexibility index (Phi) is 4.05. The van der Waals surface area contributed by atoms with Gasteiger partial charge in [-0.15, -0.1) is 22.7 Å². The minimum absolute atomic E-state index is 0.339. The van der Waals surface area contributed by atoms with Crippen LogP contribution in [0, 0.1) is 0 Å². The number of hydrogen-bond donors (Lipinski definition) is 1. The van der Waals surface area contributed by atoms with Crippen molar-refractivity contribution in [2.75, 3.05) is 5.32 Å². The van der Waals surface area contributed by atoms with Crippen molar-refractivity contribution >= 4 is 67.9 Å². The standard InChI is InChI=1S/C16H8Cl2N2O2S2/c17-13-6-9(14(18)24-13)15(21)20-16-19-10(7-23-16)12-5-8-3-1-2-4-11(8)22-12/h1-7H,(H,19,20,21). The number of aromatic nitrogens is 1. The number of carbonyl (C=O) groups excluding carboxylic acids is 1. The maximum Gasteiger partial charge on any atom is 0.259 e. The largest absolute Gasteiger partial charge is 0.454 e. The van der Waals surface area contributed by atoms with Crippen LogP contribution in [0.4, 0.5) is 5.13 Å². The summed E-state index contributed by atoms with van der Waals surface area (Å²) in [6.45, 7) is 0. The van der Waals surface area contributed by atoms with Crippen LogP contribution in [0.1, 0.15) is 10.4 Å². The van der Waals surface area contributed by atoms with Gasteiger partial charge >= 0.3 is 0 Å². The molecule has 4 rings (SSSR count). The molecule has 0 bridgehead atoms. The maximum absolute atomic E-state index is 12.2. The number of rotatable bonds is 3. The Morgan fingerprint density at radius 2 is 2.04 bits per heavy atom. The predicted octanol–water partition coefficient (Wildman–Crippen LogP) is 6.18. The highest BCUT2D eigenvalue weighted by molar-refractivity contribution is 7.20. The highest BCUT2D eigenvalue weighted by Crippen LogP contribution is 2.33. The van der Waals surface area contributed by atoms with Crippen molar-refractivity contribution in [3.8, 4) is 11.5 Å². The summed E-state index contributed by atoms with van der Waals surface area (Å²) >= 11 is 14.3. The van der Waals surface area contributed by atoms with Crippen LogP contribution >= 0.6 is 45.9 Å². The number of nitrogens with zero attached hydrogens (tertiary/aromatic N) is 1. The summed E-state index contributed by atoms with van der Waals surface area (Å²) in [4.78, 5) is 16.6. The summed E-state index contributed by atoms with van der Waals surface area (Å²) < 4.78 is 6.59. The monoisotopic (exact) mass is 394 g/mol. The van der Waals surface area contributed by atoms with Gasteiger partial charge < -0.3 is 4.42 Å². The highest BCUT2D eigenvalue weighted by atomic mass is 35.5. The van der Waals surface area contributed by atoms with E-state index in [9.17, 15) is 4.79 Å². The second kappa shape index (κ2) is 6.22. The van der Waals surface area contributed by atoms with Crippen molar-refractivity contribution in [3.05, 3.63) is 56.0 Å². The van der Waals surface area contributed by atoms with E-state index in [1.165, 1.54) is 17.4 Å². The molecule has 4 aromatic rings. The number of thiophene rings is 1. The Balaban J connectivity index is 1.58. The third-order valence-corrected chi connectivity index (χ3v) is 5.55. The van der Waals surface area contributed by atoms with Crippen LogP contribution in [0.5, 0.6) is 0 Å². The molecule has 1 amide bonds. The molecule has 0 atom stereocenters. The van der Waals surface area contributed by atoms with E-state index < -0.39 is 0 Å². The topological polar surface area (TPSA) is 55.1 Å². The number of amides is 1. The molecule has 3 aromatic heterocycles. The molecule has 0 saturated heterocycles. The zero-order valence-electron chi connectivity index (χ0n) is 11.9. The van der Waals surface area contributed by atoms with Crippen LogP contribution in [0.15, 0.2) is 46.2 Å². The molecule has 0 aliphatic rings. The lowest BCUT2D eigenvalue weighted by atomic mass is 10.2. The number of furan rings is 1. The van der Waals surface area contributed by atoms with Crippen LogP contribution in [0.25, 0.3) is 22.4 Å². The molecule has 1 N–H and O–H groups in total. The molecule has 0 aliphatic heterocycles. The van der Waals surface area contributed by atoms with E-state index >= 15 is 0 Å². The van der Waals surface area contributed by atoms with Crippen LogP contribution in [-0.2, 0) is 0 Å². The molecule has 0 saturated carbocycles. The van der Waals surface area contributed by atoms with Gasteiger partial charge in [0.25, 0.3) is 5.91 Å². The summed E-state index contributed by atoms with van der Waals surface area (Å²) in [6, 6.07) is 11.2. The van der Waals surface area contributed by atoms with Gasteiger partial charge in [-0.1, -0.05) is 41.4 Å². The van der Waals surface area contributed by atoms with Crippen LogP contribution in [0.2, 0.25) is 8.67 Å². The third kappa shape index (κ3) is 2.93. The highest BCUT2D eigenvalue weighted by Gasteiger charge is 2.17. The van der Waals surface area contributed by atoms with Crippen molar-refractivity contribution in [1.29, 1.82) is 0 Å². The Morgan fingerprint density at radius 3 is 2.79 bits per heavy atom. The second-order valence-electron chi connectivity index (χ2n) is 4.88. The van der Waals surface area contributed by atoms with Gasteiger partial charge in [0.1, 0.15) is 15.6 Å². The molecular weight excluding hydrogens is 387 g/mol. The first-order chi connectivity index (χ1) is 11.6. The fourth-order valence-corrected chi connectivity index (χ4v) is 4.37. The van der Waals surface area contributed by atoms with Gasteiger partial charge in [-0.25, -0.2) is 4.98 Å². The molecule has 0 fully saturated rings. The first kappa shape index (κ1) is 15.7. The van der Waals surface area contributed by atoms with Crippen LogP contribution in [0.3, 0.4) is 0 Å². The summed E-state index contributed by atoms with van der Waals surface area (Å²) in [5.74, 6) is 0.318. The third-order valence-electron chi connectivity index (χ3n) is 3.30. The molecule has 0 radical (unpaired) electrons. The average molecular weight is 395 g/mol. The van der Waals surface area contributed by atoms with Gasteiger partial charge in [-0.2, -0.15) is 0 Å². The lowest BCUT2D eigenvalue weighted by Crippen LogP contribution is -2.11. The summed E-state index contributed by atoms with van der Waals surface area (Å²) in [6.07, 6.45) is 0. The number of carbonyl (C=O) groups is 1. The van der Waals surface area contributed by atoms with E-state index in [0.29, 0.717) is 30.8 Å². The van der Waals surface area contributed by atoms with Crippen molar-refractivity contribution in [3.63, 3.8) is 0 Å². The normalized spacial score (nSPS) is 11.1. The number of fused-ring (bicyclic) bond motifs is 1. The zero-order chi connectivity index (χ0) is 16.7. The van der Waals surface area contributed by atoms with E-state index in [0.717, 1.165) is 22.3 Å². The predicted molar refractivity (Wildman–Crippen MR) is 99.6 cm³/mol. The van der Waals surface area contributed by atoms with Crippen molar-refractivity contribution in [2.45, 2.75) is 0 Å². The van der Waals surface area contributed by atoms with E-state index in [1.807, 2.05) is 35.7 Å². The van der Waals surface area contributed by atoms with Crippen molar-refractivity contribution in [2.24, 2.45) is 0 Å². The maximum atomic E-state index is 12.2. The average Bonchev–Trinajstić information content (AvgIpc) is 3.24. The first-order valence-corrected chi connectivity index (χ1v) is 9.26. The summed E-state index contributed by atoms with van der Waals surface area (Å²) in [5, 5.41) is 6.03. The van der Waals surface area contributed by atoms with Gasteiger partial charge in [0.15, 0.2) is 10.9 Å². The van der Waals surface area contributed by atoms with Gasteiger partial charge in [-0.05, 0) is 18.2 Å². The van der Waals surface area contributed by atoms with Gasteiger partial charge in [0, 0.05) is 10.8 Å². The molecule has 3 heterocycles. The van der Waals surface area contributed by atoms with E-state index in [2.05, 4.69) is 10.3 Å². The van der Waals surface area contributed by atoms with E-state index in [1.54, 1.807) is 0 Å². The molecule has 4 nitrogen and oxygen atoms in total. The fraction of sp³-hybridized carbons (Fsp3) is 0.